The molecule has 12 nitrogen and oxygen atoms in total. The molecular formula is C26H30N6O6S. The molecule has 3 fully saturated rings. The van der Waals surface area contributed by atoms with Crippen LogP contribution in [0.4, 0.5) is 9.59 Å². The molecule has 3 N–H and O–H groups in total. The molecule has 0 aliphatic carbocycles. The van der Waals surface area contributed by atoms with Gasteiger partial charge in [-0.1, -0.05) is 30.3 Å². The molecule has 206 valence electrons. The van der Waals surface area contributed by atoms with Crippen molar-refractivity contribution in [3.63, 3.8) is 0 Å². The number of benzene rings is 1. The summed E-state index contributed by atoms with van der Waals surface area (Å²) in [6.07, 6.45) is 0. The van der Waals surface area contributed by atoms with Crippen molar-refractivity contribution < 1.29 is 29.1 Å². The molecule has 3 saturated heterocycles. The summed E-state index contributed by atoms with van der Waals surface area (Å²) in [5.74, 6) is -2.22. The third-order valence-corrected chi connectivity index (χ3v) is 8.91. The van der Waals surface area contributed by atoms with Crippen LogP contribution in [0.5, 0.6) is 0 Å². The number of aliphatic carboxylic acids is 1. The van der Waals surface area contributed by atoms with E-state index in [9.17, 15) is 29.1 Å². The van der Waals surface area contributed by atoms with Gasteiger partial charge in [0.15, 0.2) is 0 Å². The van der Waals surface area contributed by atoms with Crippen molar-refractivity contribution in [3.8, 4) is 0 Å². The largest absolute Gasteiger partial charge is 0.480 e. The number of imide groups is 1. The summed E-state index contributed by atoms with van der Waals surface area (Å²) >= 11 is 1.31. The van der Waals surface area contributed by atoms with E-state index >= 15 is 0 Å². The zero-order valence-electron chi connectivity index (χ0n) is 22.0. The lowest BCUT2D eigenvalue weighted by atomic mass is 9.95. The zero-order chi connectivity index (χ0) is 28.2. The maximum Gasteiger partial charge on any atom is 0.347 e. The number of aryl methyl sites for hydroxylation is 2. The molecule has 6 amide bonds. The highest BCUT2D eigenvalue weighted by Crippen LogP contribution is 2.50. The standard InChI is InChI=1S/C26H30N6O6S/c1-14-10-11-15(2)32(14)30-13-12-29(25(30)38)24(37)28-17(16-8-6-5-7-9-16)20(33)27-18-21(34)31-19(23(35)36)26(3,4)39-22(18)31/h5-11,17-19,22H,12-13H2,1-4H3,(H,27,33)(H,28,37)(H,35,36)/t17?,18-,19+,22-/m1/s1. The van der Waals surface area contributed by atoms with E-state index < -0.39 is 58.1 Å². The van der Waals surface area contributed by atoms with Crippen LogP contribution in [0.25, 0.3) is 0 Å². The number of amides is 6. The van der Waals surface area contributed by atoms with Crippen LogP contribution in [0.2, 0.25) is 0 Å². The Morgan fingerprint density at radius 2 is 1.67 bits per heavy atom. The molecule has 0 bridgehead atoms. The minimum Gasteiger partial charge on any atom is -0.480 e. The third kappa shape index (κ3) is 4.40. The van der Waals surface area contributed by atoms with Gasteiger partial charge in [-0.3, -0.25) is 14.3 Å². The number of β-lactam (4-membered cyclic amide) rings is 1. The van der Waals surface area contributed by atoms with Crippen LogP contribution in [-0.2, 0) is 14.4 Å². The fourth-order valence-electron chi connectivity index (χ4n) is 5.47. The molecule has 4 heterocycles. The Balaban J connectivity index is 1.32. The number of aromatic nitrogens is 1. The Kier molecular flexibility index (Phi) is 6.57. The van der Waals surface area contributed by atoms with Gasteiger partial charge >= 0.3 is 18.0 Å². The number of urea groups is 2. The summed E-state index contributed by atoms with van der Waals surface area (Å²) in [5.41, 5.74) is 2.17. The van der Waals surface area contributed by atoms with Gasteiger partial charge in [0, 0.05) is 16.1 Å². The SMILES string of the molecule is Cc1ccc(C)n1N1CCN(C(=O)NC(C(=O)N[C@@H]2C(=O)N3[C@@H]2SC(C)(C)[C@@H]3C(=O)O)c2ccccc2)C1=O. The molecule has 1 aromatic carbocycles. The van der Waals surface area contributed by atoms with Gasteiger partial charge in [0.2, 0.25) is 11.8 Å². The smallest absolute Gasteiger partial charge is 0.347 e. The zero-order valence-corrected chi connectivity index (χ0v) is 22.8. The second-order valence-electron chi connectivity index (χ2n) is 10.4. The lowest BCUT2D eigenvalue weighted by Gasteiger charge is -2.44. The van der Waals surface area contributed by atoms with Gasteiger partial charge in [0.05, 0.1) is 13.1 Å². The molecule has 1 unspecified atom stereocenters. The fourth-order valence-corrected chi connectivity index (χ4v) is 7.10. The lowest BCUT2D eigenvalue weighted by Crippen LogP contribution is -2.71. The minimum absolute atomic E-state index is 0.130. The van der Waals surface area contributed by atoms with Gasteiger partial charge in [0.1, 0.15) is 23.5 Å². The molecular weight excluding hydrogens is 524 g/mol. The maximum atomic E-state index is 13.5. The Labute approximate surface area is 229 Å². The number of nitrogens with zero attached hydrogens (tertiary/aromatic N) is 4. The van der Waals surface area contributed by atoms with Crippen molar-refractivity contribution >= 4 is 41.6 Å². The van der Waals surface area contributed by atoms with E-state index in [-0.39, 0.29) is 13.1 Å². The van der Waals surface area contributed by atoms with Crippen molar-refractivity contribution in [2.24, 2.45) is 0 Å². The molecule has 39 heavy (non-hydrogen) atoms. The molecule has 0 saturated carbocycles. The number of hydrogen-bond acceptors (Lipinski definition) is 6. The van der Waals surface area contributed by atoms with Crippen LogP contribution in [-0.4, -0.2) is 84.7 Å². The second kappa shape index (κ2) is 9.63. The van der Waals surface area contributed by atoms with E-state index in [1.54, 1.807) is 48.9 Å². The summed E-state index contributed by atoms with van der Waals surface area (Å²) in [4.78, 5) is 67.0. The average Bonchev–Trinajstić information content (AvgIpc) is 3.51. The number of nitrogens with one attached hydrogen (secondary N) is 2. The van der Waals surface area contributed by atoms with Crippen LogP contribution in [0, 0.1) is 13.8 Å². The van der Waals surface area contributed by atoms with Gasteiger partial charge in [0.25, 0.3) is 0 Å². The van der Waals surface area contributed by atoms with Crippen LogP contribution in [0.3, 0.4) is 0 Å². The Bertz CT molecular complexity index is 1340. The van der Waals surface area contributed by atoms with Crippen LogP contribution in [0.15, 0.2) is 42.5 Å². The quantitative estimate of drug-likeness (QED) is 0.460. The van der Waals surface area contributed by atoms with Crippen LogP contribution >= 0.6 is 11.8 Å². The van der Waals surface area contributed by atoms with Gasteiger partial charge in [-0.15, -0.1) is 11.8 Å². The Morgan fingerprint density at radius 3 is 2.28 bits per heavy atom. The van der Waals surface area contributed by atoms with Gasteiger partial charge < -0.3 is 20.6 Å². The molecule has 0 spiro atoms. The number of rotatable bonds is 6. The first-order valence-corrected chi connectivity index (χ1v) is 13.4. The summed E-state index contributed by atoms with van der Waals surface area (Å²) < 4.78 is 1.01. The molecule has 4 atom stereocenters. The number of carboxylic acid groups (broad SMARTS) is 1. The third-order valence-electron chi connectivity index (χ3n) is 7.34. The molecule has 3 aliphatic heterocycles. The number of carbonyl (C=O) groups excluding carboxylic acids is 4. The first kappa shape index (κ1) is 26.6. The topological polar surface area (TPSA) is 144 Å². The molecule has 0 radical (unpaired) electrons. The Hall–Kier alpha value is -4.00. The summed E-state index contributed by atoms with van der Waals surface area (Å²) in [7, 11) is 0. The van der Waals surface area contributed by atoms with Crippen molar-refractivity contribution in [2.45, 2.75) is 55.9 Å². The second-order valence-corrected chi connectivity index (χ2v) is 12.1. The molecule has 13 heteroatoms. The predicted octanol–water partition coefficient (Wildman–Crippen LogP) is 1.56. The molecule has 2 aromatic rings. The average molecular weight is 555 g/mol. The first-order chi connectivity index (χ1) is 18.4. The van der Waals surface area contributed by atoms with E-state index in [2.05, 4.69) is 10.6 Å². The summed E-state index contributed by atoms with van der Waals surface area (Å²) in [6.45, 7) is 7.65. The molecule has 5 rings (SSSR count). The van der Waals surface area contributed by atoms with E-state index in [4.69, 9.17) is 0 Å². The van der Waals surface area contributed by atoms with Crippen molar-refractivity contribution in [1.29, 1.82) is 0 Å². The Morgan fingerprint density at radius 1 is 1.03 bits per heavy atom. The first-order valence-electron chi connectivity index (χ1n) is 12.5. The van der Waals surface area contributed by atoms with E-state index in [0.29, 0.717) is 5.56 Å². The highest BCUT2D eigenvalue weighted by atomic mass is 32.2. The van der Waals surface area contributed by atoms with Crippen molar-refractivity contribution in [3.05, 3.63) is 59.4 Å². The number of fused-ring (bicyclic) bond motifs is 1. The number of carboxylic acids is 1. The van der Waals surface area contributed by atoms with E-state index in [0.717, 1.165) is 16.3 Å². The highest BCUT2D eigenvalue weighted by Gasteiger charge is 2.64. The van der Waals surface area contributed by atoms with Crippen molar-refractivity contribution in [2.75, 3.05) is 18.1 Å². The van der Waals surface area contributed by atoms with Gasteiger partial charge in [-0.05, 0) is 45.4 Å². The van der Waals surface area contributed by atoms with Crippen LogP contribution in [0.1, 0.15) is 36.8 Å². The lowest BCUT2D eigenvalue weighted by molar-refractivity contribution is -0.161. The number of carbonyl (C=O) groups is 5. The minimum atomic E-state index is -1.19. The molecule has 1 aromatic heterocycles. The fraction of sp³-hybridized carbons (Fsp3) is 0.423. The normalized spacial score (nSPS) is 24.3. The van der Waals surface area contributed by atoms with Gasteiger partial charge in [-0.25, -0.2) is 24.3 Å². The highest BCUT2D eigenvalue weighted by molar-refractivity contribution is 8.01. The summed E-state index contributed by atoms with van der Waals surface area (Å²) in [5, 5.41) is 16.0. The number of thioether (sulfide) groups is 1. The number of hydrogen-bond donors (Lipinski definition) is 3. The summed E-state index contributed by atoms with van der Waals surface area (Å²) in [6, 6.07) is 7.90. The van der Waals surface area contributed by atoms with Crippen molar-refractivity contribution in [1.82, 2.24) is 25.1 Å². The van der Waals surface area contributed by atoms with Gasteiger partial charge in [-0.2, -0.15) is 0 Å². The van der Waals surface area contributed by atoms with Crippen LogP contribution < -0.4 is 15.6 Å². The maximum absolute atomic E-state index is 13.5. The monoisotopic (exact) mass is 554 g/mol. The van der Waals surface area contributed by atoms with E-state index in [1.165, 1.54) is 21.7 Å². The van der Waals surface area contributed by atoms with E-state index in [1.807, 2.05) is 26.0 Å². The predicted molar refractivity (Wildman–Crippen MR) is 142 cm³/mol. The molecule has 3 aliphatic rings.